The molecule has 0 aliphatic rings. The fourth-order valence-corrected chi connectivity index (χ4v) is 5.23. The molecule has 0 fully saturated rings. The molecule has 0 N–H and O–H groups in total. The number of ether oxygens (including phenoxy) is 3. The highest BCUT2D eigenvalue weighted by Gasteiger charge is 2.32. The van der Waals surface area contributed by atoms with Gasteiger partial charge in [-0.3, -0.25) is 0 Å². The molecule has 0 aliphatic heterocycles. The maximum Gasteiger partial charge on any atom is 0.416 e. The lowest BCUT2D eigenvalue weighted by Gasteiger charge is -2.21. The predicted octanol–water partition coefficient (Wildman–Crippen LogP) is 6.31. The van der Waals surface area contributed by atoms with Gasteiger partial charge in [0.05, 0.1) is 37.9 Å². The molecule has 0 saturated carbocycles. The summed E-state index contributed by atoms with van der Waals surface area (Å²) >= 11 is 0. The summed E-state index contributed by atoms with van der Waals surface area (Å²) in [5.74, 6) is -0.833. The zero-order valence-electron chi connectivity index (χ0n) is 23.8. The molecule has 0 radical (unpaired) electrons. The highest BCUT2D eigenvalue weighted by Crippen LogP contribution is 2.52. The smallest absolute Gasteiger partial charge is 0.416 e. The van der Waals surface area contributed by atoms with Gasteiger partial charge in [0.1, 0.15) is 12.4 Å². The third kappa shape index (κ3) is 7.94. The molecule has 0 saturated heterocycles. The van der Waals surface area contributed by atoms with Crippen LogP contribution in [0, 0.1) is 0 Å². The monoisotopic (exact) mass is 652 g/mol. The molecule has 14 heteroatoms. The van der Waals surface area contributed by atoms with Crippen molar-refractivity contribution >= 4 is 20.2 Å². The van der Waals surface area contributed by atoms with Crippen LogP contribution in [-0.4, -0.2) is 43.6 Å². The molecule has 0 heterocycles. The van der Waals surface area contributed by atoms with Crippen LogP contribution >= 0.6 is 0 Å². The molecule has 0 spiro atoms. The Kier molecular flexibility index (Phi) is 9.35. The van der Waals surface area contributed by atoms with Gasteiger partial charge in [0.25, 0.3) is 0 Å². The first-order valence-electron chi connectivity index (χ1n) is 12.7. The number of rotatable bonds is 11. The van der Waals surface area contributed by atoms with Crippen LogP contribution in [0.2, 0.25) is 0 Å². The van der Waals surface area contributed by atoms with E-state index in [4.69, 9.17) is 22.6 Å². The molecule has 234 valence electrons. The van der Waals surface area contributed by atoms with E-state index in [9.17, 15) is 30.0 Å². The molecule has 9 nitrogen and oxygen atoms in total. The van der Waals surface area contributed by atoms with Crippen LogP contribution in [0.1, 0.15) is 11.1 Å². The van der Waals surface area contributed by atoms with Crippen molar-refractivity contribution in [3.8, 4) is 51.0 Å². The van der Waals surface area contributed by atoms with Crippen molar-refractivity contribution in [2.24, 2.45) is 0 Å². The second-order valence-electron chi connectivity index (χ2n) is 9.45. The molecule has 0 aromatic heterocycles. The first-order valence-corrected chi connectivity index (χ1v) is 16.3. The molecule has 0 bridgehead atoms. The van der Waals surface area contributed by atoms with Crippen molar-refractivity contribution in [1.29, 1.82) is 0 Å². The summed E-state index contributed by atoms with van der Waals surface area (Å²) in [7, 11) is -5.86. The van der Waals surface area contributed by atoms with Gasteiger partial charge in [0, 0.05) is 5.56 Å². The van der Waals surface area contributed by atoms with Crippen molar-refractivity contribution in [3.05, 3.63) is 90.0 Å². The van der Waals surface area contributed by atoms with E-state index in [1.807, 2.05) is 30.3 Å². The minimum atomic E-state index is -4.65. The van der Waals surface area contributed by atoms with E-state index in [0.717, 1.165) is 30.2 Å². The summed E-state index contributed by atoms with van der Waals surface area (Å²) in [5.41, 5.74) is 0.0547. The maximum absolute atomic E-state index is 13.5. The quantitative estimate of drug-likeness (QED) is 0.172. The normalized spacial score (nSPS) is 12.0. The number of hydrogen-bond donors (Lipinski definition) is 0. The molecular weight excluding hydrogens is 625 g/mol. The lowest BCUT2D eigenvalue weighted by molar-refractivity contribution is -0.137. The zero-order chi connectivity index (χ0) is 32.3. The van der Waals surface area contributed by atoms with Crippen LogP contribution in [0.3, 0.4) is 0 Å². The Morgan fingerprint density at radius 2 is 1.34 bits per heavy atom. The summed E-state index contributed by atoms with van der Waals surface area (Å²) in [5, 5.41) is 0. The van der Waals surface area contributed by atoms with Gasteiger partial charge in [-0.25, -0.2) is 0 Å². The van der Waals surface area contributed by atoms with Gasteiger partial charge in [0.15, 0.2) is 23.0 Å². The standard InChI is InChI=1S/C30H27F3O9S2/c1-38-26-17-23(20-11-8-12-22(15-20)30(31,32)33)28(39-2)29(42-44(4,36)37)27(26)21-13-14-24(25(16-21)41-43(3,34)35)40-18-19-9-6-5-7-10-19/h5-17H,18H2,1-4H3. The number of hydrogen-bond acceptors (Lipinski definition) is 9. The summed E-state index contributed by atoms with van der Waals surface area (Å²) in [4.78, 5) is 0. The topological polar surface area (TPSA) is 114 Å². The van der Waals surface area contributed by atoms with E-state index in [0.29, 0.717) is 0 Å². The predicted molar refractivity (Wildman–Crippen MR) is 157 cm³/mol. The highest BCUT2D eigenvalue weighted by atomic mass is 32.2. The molecule has 4 aromatic rings. The minimum Gasteiger partial charge on any atom is -0.496 e. The fraction of sp³-hybridized carbons (Fsp3) is 0.200. The summed E-state index contributed by atoms with van der Waals surface area (Å²) in [6.07, 6.45) is -3.04. The molecule has 0 aliphatic carbocycles. The summed E-state index contributed by atoms with van der Waals surface area (Å²) < 4.78 is 117. The van der Waals surface area contributed by atoms with Gasteiger partial charge < -0.3 is 22.6 Å². The van der Waals surface area contributed by atoms with Gasteiger partial charge in [0.2, 0.25) is 0 Å². The Bertz CT molecular complexity index is 1870. The third-order valence-corrected chi connectivity index (χ3v) is 7.02. The van der Waals surface area contributed by atoms with Crippen molar-refractivity contribution in [2.75, 3.05) is 26.7 Å². The zero-order valence-corrected chi connectivity index (χ0v) is 25.5. The molecular formula is C30H27F3O9S2. The number of methoxy groups -OCH3 is 2. The van der Waals surface area contributed by atoms with Gasteiger partial charge in [-0.15, -0.1) is 0 Å². The first kappa shape index (κ1) is 32.5. The maximum atomic E-state index is 13.5. The minimum absolute atomic E-state index is 0.0153. The van der Waals surface area contributed by atoms with Crippen molar-refractivity contribution in [2.45, 2.75) is 12.8 Å². The summed E-state index contributed by atoms with van der Waals surface area (Å²) in [6, 6.07) is 18.9. The van der Waals surface area contributed by atoms with Crippen molar-refractivity contribution in [3.63, 3.8) is 0 Å². The van der Waals surface area contributed by atoms with Crippen LogP contribution in [0.15, 0.2) is 78.9 Å². The average Bonchev–Trinajstić information content (AvgIpc) is 2.94. The molecule has 0 unspecified atom stereocenters. The van der Waals surface area contributed by atoms with E-state index >= 15 is 0 Å². The number of alkyl halides is 3. The lowest BCUT2D eigenvalue weighted by Crippen LogP contribution is -2.10. The van der Waals surface area contributed by atoms with Gasteiger partial charge in [-0.1, -0.05) is 48.5 Å². The fourth-order valence-electron chi connectivity index (χ4n) is 4.31. The number of halogens is 3. The van der Waals surface area contributed by atoms with Crippen LogP contribution in [0.25, 0.3) is 22.3 Å². The van der Waals surface area contributed by atoms with E-state index in [1.54, 1.807) is 0 Å². The van der Waals surface area contributed by atoms with E-state index < -0.39 is 37.7 Å². The Balaban J connectivity index is 1.96. The Morgan fingerprint density at radius 1 is 0.659 bits per heavy atom. The van der Waals surface area contributed by atoms with Crippen molar-refractivity contribution < 1.29 is 52.6 Å². The lowest BCUT2D eigenvalue weighted by atomic mass is 9.95. The Morgan fingerprint density at radius 3 is 1.93 bits per heavy atom. The molecule has 4 aromatic carbocycles. The van der Waals surface area contributed by atoms with Crippen LogP contribution < -0.4 is 22.6 Å². The molecule has 44 heavy (non-hydrogen) atoms. The van der Waals surface area contributed by atoms with Crippen LogP contribution in [0.4, 0.5) is 13.2 Å². The van der Waals surface area contributed by atoms with E-state index in [-0.39, 0.29) is 51.9 Å². The molecule has 0 atom stereocenters. The second kappa shape index (κ2) is 12.7. The SMILES string of the molecule is COc1cc(-c2cccc(C(F)(F)F)c2)c(OC)c(OS(C)(=O)=O)c1-c1ccc(OCc2ccccc2)c(OS(C)(=O)=O)c1. The van der Waals surface area contributed by atoms with Crippen molar-refractivity contribution in [1.82, 2.24) is 0 Å². The largest absolute Gasteiger partial charge is 0.496 e. The van der Waals surface area contributed by atoms with Gasteiger partial charge in [-0.2, -0.15) is 30.0 Å². The average molecular weight is 653 g/mol. The molecule has 4 rings (SSSR count). The van der Waals surface area contributed by atoms with Crippen LogP contribution in [-0.2, 0) is 33.0 Å². The van der Waals surface area contributed by atoms with Crippen LogP contribution in [0.5, 0.6) is 28.7 Å². The first-order chi connectivity index (χ1) is 20.6. The van der Waals surface area contributed by atoms with Gasteiger partial charge >= 0.3 is 26.4 Å². The molecule has 0 amide bonds. The van der Waals surface area contributed by atoms with E-state index in [2.05, 4.69) is 0 Å². The summed E-state index contributed by atoms with van der Waals surface area (Å²) in [6.45, 7) is 0.0750. The van der Waals surface area contributed by atoms with Gasteiger partial charge in [-0.05, 0) is 47.0 Å². The Hall–Kier alpha value is -4.43. The number of benzene rings is 4. The highest BCUT2D eigenvalue weighted by molar-refractivity contribution is 7.86. The third-order valence-electron chi connectivity index (χ3n) is 6.07. The Labute approximate surface area is 253 Å². The van der Waals surface area contributed by atoms with E-state index in [1.165, 1.54) is 50.6 Å². The second-order valence-corrected chi connectivity index (χ2v) is 12.6.